The Hall–Kier alpha value is -2.99. The van der Waals surface area contributed by atoms with Crippen molar-refractivity contribution in [3.05, 3.63) is 66.6 Å². The number of ether oxygens (including phenoxy) is 2. The number of nitrogens with zero attached hydrogens (tertiary/aromatic N) is 6. The van der Waals surface area contributed by atoms with Crippen LogP contribution in [-0.4, -0.2) is 91.0 Å². The van der Waals surface area contributed by atoms with E-state index in [0.29, 0.717) is 52.4 Å². The van der Waals surface area contributed by atoms with Crippen molar-refractivity contribution in [2.24, 2.45) is 4.36 Å². The van der Waals surface area contributed by atoms with E-state index in [2.05, 4.69) is 72.8 Å². The molecule has 1 aliphatic rings. The summed E-state index contributed by atoms with van der Waals surface area (Å²) in [5.41, 5.74) is 4.43. The minimum Gasteiger partial charge on any atom is -0.388 e. The summed E-state index contributed by atoms with van der Waals surface area (Å²) >= 11 is 0. The molecule has 1 aromatic carbocycles. The van der Waals surface area contributed by atoms with Crippen LogP contribution in [-0.2, 0) is 24.5 Å². The fraction of sp³-hybridized carbons (Fsp3) is 0.541. The van der Waals surface area contributed by atoms with Crippen LogP contribution < -0.4 is 4.90 Å². The first kappa shape index (κ1) is 39.2. The molecule has 1 saturated carbocycles. The molecule has 0 bridgehead atoms. The summed E-state index contributed by atoms with van der Waals surface area (Å²) in [5.74, 6) is 0.957. The van der Waals surface area contributed by atoms with Crippen molar-refractivity contribution < 1.29 is 23.0 Å². The Balaban J connectivity index is 1.50. The Morgan fingerprint density at radius 3 is 2.16 bits per heavy atom. The maximum atomic E-state index is 11.8. The predicted octanol–water partition coefficient (Wildman–Crippen LogP) is 7.50. The quantitative estimate of drug-likeness (QED) is 0.0489. The Labute approximate surface area is 307 Å². The van der Waals surface area contributed by atoms with Crippen LogP contribution in [0, 0.1) is 0 Å². The van der Waals surface area contributed by atoms with Gasteiger partial charge in [-0.25, -0.2) is 13.6 Å². The molecule has 0 amide bonds. The van der Waals surface area contributed by atoms with E-state index < -0.39 is 32.6 Å². The second kappa shape index (κ2) is 17.2. The van der Waals surface area contributed by atoms with Crippen molar-refractivity contribution >= 4 is 38.5 Å². The van der Waals surface area contributed by atoms with Crippen molar-refractivity contribution in [3.8, 4) is 22.4 Å². The van der Waals surface area contributed by atoms with Crippen LogP contribution in [0.1, 0.15) is 37.3 Å². The van der Waals surface area contributed by atoms with Gasteiger partial charge in [0.15, 0.2) is 16.5 Å². The number of thiol groups is 1. The van der Waals surface area contributed by atoms with E-state index in [9.17, 15) is 9.32 Å². The van der Waals surface area contributed by atoms with Gasteiger partial charge < -0.3 is 19.5 Å². The van der Waals surface area contributed by atoms with E-state index >= 15 is 0 Å². The third-order valence-corrected chi connectivity index (χ3v) is 13.5. The molecule has 0 aliphatic heterocycles. The summed E-state index contributed by atoms with van der Waals surface area (Å²) < 4.78 is 35.2. The molecule has 0 spiro atoms. The first-order valence-corrected chi connectivity index (χ1v) is 26.5. The van der Waals surface area contributed by atoms with Crippen molar-refractivity contribution in [1.29, 1.82) is 0 Å². The molecule has 1 N–H and O–H groups in total. The van der Waals surface area contributed by atoms with E-state index in [1.165, 1.54) is 7.11 Å². The molecule has 1 unspecified atom stereocenters. The van der Waals surface area contributed by atoms with Crippen LogP contribution in [0.3, 0.4) is 0 Å². The molecule has 5 rings (SSSR count). The van der Waals surface area contributed by atoms with Crippen LogP contribution in [0.5, 0.6) is 0 Å². The van der Waals surface area contributed by atoms with Gasteiger partial charge in [-0.2, -0.15) is 9.61 Å². The summed E-state index contributed by atoms with van der Waals surface area (Å²) in [7, 11) is -3.31. The number of aliphatic hydroxyl groups is 1. The first-order valence-electron chi connectivity index (χ1n) is 18.0. The van der Waals surface area contributed by atoms with Crippen molar-refractivity contribution in [3.63, 3.8) is 0 Å². The molecular weight excluding hydrogens is 697 g/mol. The molecule has 11 nitrogen and oxygen atoms in total. The number of fused-ring (bicyclic) bond motifs is 1. The minimum atomic E-state index is -2.12. The van der Waals surface area contributed by atoms with E-state index in [1.807, 2.05) is 41.2 Å². The monoisotopic (exact) mass is 752 g/mol. The van der Waals surface area contributed by atoms with Gasteiger partial charge in [0.25, 0.3) is 0 Å². The number of benzene rings is 1. The Kier molecular flexibility index (Phi) is 13.3. The minimum absolute atomic E-state index is 0.0938. The fourth-order valence-electron chi connectivity index (χ4n) is 6.07. The molecule has 51 heavy (non-hydrogen) atoms. The topological polar surface area (TPSA) is 124 Å². The average molecular weight is 753 g/mol. The first-order chi connectivity index (χ1) is 24.2. The van der Waals surface area contributed by atoms with Crippen LogP contribution >= 0.6 is 0 Å². The molecule has 1 fully saturated rings. The highest BCUT2D eigenvalue weighted by molar-refractivity contribution is 7.69. The molecule has 4 aromatic rings. The highest BCUT2D eigenvalue weighted by atomic mass is 32.2. The van der Waals surface area contributed by atoms with E-state index in [0.717, 1.165) is 51.6 Å². The van der Waals surface area contributed by atoms with Gasteiger partial charge in [0, 0.05) is 69.9 Å². The summed E-state index contributed by atoms with van der Waals surface area (Å²) in [6, 6.07) is 18.5. The summed E-state index contributed by atoms with van der Waals surface area (Å²) in [5, 5.41) is 16.1. The van der Waals surface area contributed by atoms with E-state index in [4.69, 9.17) is 28.7 Å². The standard InChI is InChI=1S/C37H56N6O5SSi2/c1-46-49(45)40-26-37(44)17-15-30(16-18-37)34-23-35(42(27-47-19-21-50(2,3)4)28-48-20-22-51(5,6)7)43-36(41-34)32(25-39-43)31-13-14-33(38-24-31)29-11-9-8-10-12-29/h8-14,23-25,30,44,49H,15-22,26-28H2,1-7H3. The number of pyridine rings is 1. The number of hydrogen-bond donors (Lipinski definition) is 2. The fourth-order valence-corrected chi connectivity index (χ4v) is 8.08. The van der Waals surface area contributed by atoms with Gasteiger partial charge in [0.2, 0.25) is 0 Å². The maximum absolute atomic E-state index is 11.8. The maximum Gasteiger partial charge on any atom is 0.165 e. The molecule has 0 radical (unpaired) electrons. The largest absolute Gasteiger partial charge is 0.388 e. The Morgan fingerprint density at radius 2 is 1.59 bits per heavy atom. The van der Waals surface area contributed by atoms with Crippen molar-refractivity contribution in [2.45, 2.75) is 88.6 Å². The van der Waals surface area contributed by atoms with Gasteiger partial charge in [0.1, 0.15) is 19.3 Å². The van der Waals surface area contributed by atoms with Gasteiger partial charge >= 0.3 is 0 Å². The SMILES string of the molecule is CO[SH](=O)=NCC1(O)CCC(c2cc(N(COCC[Si](C)(C)C)COCC[Si](C)(C)C)n3ncc(-c4ccc(-c5ccccc5)nc4)c3n2)CC1. The molecular formula is C37H56N6O5SSi2. The zero-order valence-corrected chi connectivity index (χ0v) is 34.2. The van der Waals surface area contributed by atoms with Crippen LogP contribution in [0.15, 0.2) is 65.3 Å². The number of anilines is 1. The third-order valence-electron chi connectivity index (χ3n) is 9.40. The molecule has 1 atom stereocenters. The smallest absolute Gasteiger partial charge is 0.165 e. The van der Waals surface area contributed by atoms with Crippen molar-refractivity contribution in [1.82, 2.24) is 19.6 Å². The molecule has 14 heteroatoms. The third kappa shape index (κ3) is 11.3. The molecule has 1 aliphatic carbocycles. The number of rotatable bonds is 17. The molecule has 3 aromatic heterocycles. The average Bonchev–Trinajstić information content (AvgIpc) is 3.53. The molecule has 0 saturated heterocycles. The lowest BCUT2D eigenvalue weighted by Gasteiger charge is -2.35. The van der Waals surface area contributed by atoms with Gasteiger partial charge in [-0.15, -0.1) is 0 Å². The summed E-state index contributed by atoms with van der Waals surface area (Å²) in [4.78, 5) is 12.2. The summed E-state index contributed by atoms with van der Waals surface area (Å²) in [6.45, 7) is 16.3. The van der Waals surface area contributed by atoms with Crippen molar-refractivity contribution in [2.75, 3.05) is 45.2 Å². The second-order valence-electron chi connectivity index (χ2n) is 16.1. The van der Waals surface area contributed by atoms with Gasteiger partial charge in [-0.1, -0.05) is 75.7 Å². The Morgan fingerprint density at radius 1 is 0.941 bits per heavy atom. The zero-order valence-electron chi connectivity index (χ0n) is 31.3. The van der Waals surface area contributed by atoms with E-state index in [-0.39, 0.29) is 12.5 Å². The lowest BCUT2D eigenvalue weighted by atomic mass is 9.77. The highest BCUT2D eigenvalue weighted by Gasteiger charge is 2.35. The summed E-state index contributed by atoms with van der Waals surface area (Å²) in [6.07, 6.45) is 6.23. The van der Waals surface area contributed by atoms with Gasteiger partial charge in [0.05, 0.1) is 31.1 Å². The molecule has 278 valence electrons. The van der Waals surface area contributed by atoms with Crippen LogP contribution in [0.4, 0.5) is 5.82 Å². The van der Waals surface area contributed by atoms with Gasteiger partial charge in [-0.05, 0) is 43.8 Å². The lowest BCUT2D eigenvalue weighted by molar-refractivity contribution is 0.00805. The van der Waals surface area contributed by atoms with Gasteiger partial charge in [-0.3, -0.25) is 9.17 Å². The van der Waals surface area contributed by atoms with Crippen LogP contribution in [0.2, 0.25) is 51.4 Å². The Bertz CT molecular complexity index is 1770. The van der Waals surface area contributed by atoms with Crippen LogP contribution in [0.25, 0.3) is 28.0 Å². The zero-order chi connectivity index (χ0) is 36.6. The predicted molar refractivity (Wildman–Crippen MR) is 212 cm³/mol. The number of hydrogen-bond acceptors (Lipinski definition) is 10. The highest BCUT2D eigenvalue weighted by Crippen LogP contribution is 2.39. The van der Waals surface area contributed by atoms with E-state index in [1.54, 1.807) is 0 Å². The number of aromatic nitrogens is 4. The lowest BCUT2D eigenvalue weighted by Crippen LogP contribution is -2.37. The second-order valence-corrected chi connectivity index (χ2v) is 28.5. The normalized spacial score (nSPS) is 19.1. The molecule has 3 heterocycles.